The largest absolute Gasteiger partial charge is 0.506 e. The van der Waals surface area contributed by atoms with Crippen molar-refractivity contribution in [2.24, 2.45) is 0 Å². The number of ketones is 1. The number of aliphatic hydroxyl groups is 1. The minimum atomic E-state index is -1.02. The molecule has 0 bridgehead atoms. The molecule has 1 amide bonds. The van der Waals surface area contributed by atoms with Crippen LogP contribution in [-0.2, 0) is 4.79 Å². The molecule has 1 atom stereocenters. The number of fused-ring (bicyclic) bond motifs is 1. The smallest absolute Gasteiger partial charge is 0.294 e. The number of nitrogens with zero attached hydrogens (tertiary/aromatic N) is 1. The number of rotatable bonds is 5. The molecular weight excluding hydrogens is 502 g/mol. The van der Waals surface area contributed by atoms with Gasteiger partial charge in [0.05, 0.1) is 24.4 Å². The van der Waals surface area contributed by atoms with Gasteiger partial charge in [-0.05, 0) is 54.1 Å². The molecular formula is C26H18BrNO6. The summed E-state index contributed by atoms with van der Waals surface area (Å²) >= 11 is 3.39. The van der Waals surface area contributed by atoms with Crippen molar-refractivity contribution >= 4 is 44.3 Å². The molecule has 0 saturated heterocycles. The van der Waals surface area contributed by atoms with E-state index in [0.717, 1.165) is 4.47 Å². The van der Waals surface area contributed by atoms with Crippen molar-refractivity contribution in [2.75, 3.05) is 12.0 Å². The predicted molar refractivity (Wildman–Crippen MR) is 129 cm³/mol. The number of Topliss-reactive ketones (excluding diaryl/α,β-unsaturated/α-hetero) is 1. The van der Waals surface area contributed by atoms with Crippen LogP contribution in [-0.4, -0.2) is 29.0 Å². The van der Waals surface area contributed by atoms with E-state index < -0.39 is 23.5 Å². The number of carbonyl (C=O) groups is 2. The summed E-state index contributed by atoms with van der Waals surface area (Å²) in [5.74, 6) is -1.83. The monoisotopic (exact) mass is 519 g/mol. The lowest BCUT2D eigenvalue weighted by Crippen LogP contribution is -2.31. The van der Waals surface area contributed by atoms with E-state index in [4.69, 9.17) is 9.15 Å². The summed E-state index contributed by atoms with van der Waals surface area (Å²) in [7, 11) is 1.51. The molecule has 4 aromatic rings. The summed E-state index contributed by atoms with van der Waals surface area (Å²) in [4.78, 5) is 28.1. The Labute approximate surface area is 202 Å². The quantitative estimate of drug-likeness (QED) is 0.328. The van der Waals surface area contributed by atoms with Crippen LogP contribution in [0.2, 0.25) is 0 Å². The summed E-state index contributed by atoms with van der Waals surface area (Å²) in [5.41, 5.74) is 1.01. The third kappa shape index (κ3) is 3.52. The molecule has 0 aliphatic carbocycles. The number of amides is 1. The first-order valence-corrected chi connectivity index (χ1v) is 11.1. The Morgan fingerprint density at radius 2 is 1.82 bits per heavy atom. The molecule has 1 aliphatic rings. The zero-order valence-corrected chi connectivity index (χ0v) is 19.4. The van der Waals surface area contributed by atoms with Gasteiger partial charge in [-0.2, -0.15) is 0 Å². The average Bonchev–Trinajstić information content (AvgIpc) is 3.37. The van der Waals surface area contributed by atoms with Crippen LogP contribution in [0.5, 0.6) is 11.5 Å². The number of benzene rings is 3. The second kappa shape index (κ2) is 8.39. The van der Waals surface area contributed by atoms with Gasteiger partial charge in [0.25, 0.3) is 5.91 Å². The first-order chi connectivity index (χ1) is 16.4. The van der Waals surface area contributed by atoms with Crippen LogP contribution in [0.1, 0.15) is 22.2 Å². The Bertz CT molecular complexity index is 1490. The zero-order chi connectivity index (χ0) is 24.0. The number of para-hydroxylation sites is 2. The van der Waals surface area contributed by atoms with Gasteiger partial charge in [-0.15, -0.1) is 0 Å². The number of phenols is 1. The van der Waals surface area contributed by atoms with Crippen LogP contribution >= 0.6 is 15.9 Å². The lowest BCUT2D eigenvalue weighted by molar-refractivity contribution is -0.117. The van der Waals surface area contributed by atoms with Gasteiger partial charge in [-0.25, -0.2) is 0 Å². The van der Waals surface area contributed by atoms with E-state index in [9.17, 15) is 19.8 Å². The van der Waals surface area contributed by atoms with Crippen molar-refractivity contribution in [3.05, 3.63) is 99.9 Å². The topological polar surface area (TPSA) is 100 Å². The van der Waals surface area contributed by atoms with Gasteiger partial charge in [-0.3, -0.25) is 14.5 Å². The fourth-order valence-electron chi connectivity index (χ4n) is 4.14. The highest BCUT2D eigenvalue weighted by Crippen LogP contribution is 2.45. The average molecular weight is 520 g/mol. The van der Waals surface area contributed by atoms with Crippen molar-refractivity contribution in [3.63, 3.8) is 0 Å². The molecule has 7 nitrogen and oxygen atoms in total. The number of methoxy groups -OCH3 is 1. The Balaban J connectivity index is 1.68. The van der Waals surface area contributed by atoms with Crippen molar-refractivity contribution in [1.29, 1.82) is 0 Å². The van der Waals surface area contributed by atoms with Gasteiger partial charge in [0, 0.05) is 9.86 Å². The van der Waals surface area contributed by atoms with Crippen LogP contribution in [0.25, 0.3) is 11.0 Å². The third-order valence-corrected chi connectivity index (χ3v) is 6.20. The number of ether oxygens (including phenoxy) is 1. The second-order valence-electron chi connectivity index (χ2n) is 7.73. The van der Waals surface area contributed by atoms with Crippen LogP contribution in [0.3, 0.4) is 0 Å². The van der Waals surface area contributed by atoms with Gasteiger partial charge >= 0.3 is 0 Å². The number of aliphatic hydroxyl groups excluding tert-OH is 1. The van der Waals surface area contributed by atoms with Crippen LogP contribution < -0.4 is 9.64 Å². The lowest BCUT2D eigenvalue weighted by Gasteiger charge is -2.27. The summed E-state index contributed by atoms with van der Waals surface area (Å²) in [6, 6.07) is 18.9. The van der Waals surface area contributed by atoms with Gasteiger partial charge in [0.15, 0.2) is 11.5 Å². The first kappa shape index (κ1) is 21.8. The number of phenolic OH excluding ortho intramolecular Hbond substituents is 1. The van der Waals surface area contributed by atoms with Gasteiger partial charge in [0.2, 0.25) is 5.78 Å². The van der Waals surface area contributed by atoms with Crippen LogP contribution in [0.4, 0.5) is 5.69 Å². The van der Waals surface area contributed by atoms with Gasteiger partial charge in [-0.1, -0.05) is 40.2 Å². The van der Waals surface area contributed by atoms with Gasteiger partial charge < -0.3 is 19.4 Å². The number of aromatic hydroxyl groups is 1. The standard InChI is InChI=1S/C26H18BrNO6/c1-33-17-6-4-5-14(12-17)23-22(24(30)21-13-15-11-16(27)9-10-20(15)34-21)25(31)26(32)28(23)18-7-2-3-8-19(18)29/h2-13,23,29,31H,1H3. The molecule has 3 aromatic carbocycles. The normalized spacial score (nSPS) is 15.9. The molecule has 5 rings (SSSR count). The molecule has 1 unspecified atom stereocenters. The Hall–Kier alpha value is -4.04. The maximum Gasteiger partial charge on any atom is 0.294 e. The van der Waals surface area contributed by atoms with Crippen LogP contribution in [0, 0.1) is 0 Å². The lowest BCUT2D eigenvalue weighted by atomic mass is 9.94. The highest BCUT2D eigenvalue weighted by atomic mass is 79.9. The first-order valence-electron chi connectivity index (χ1n) is 10.3. The molecule has 0 saturated carbocycles. The fraction of sp³-hybridized carbons (Fsp3) is 0.0769. The van der Waals surface area contributed by atoms with E-state index in [1.807, 2.05) is 0 Å². The van der Waals surface area contributed by atoms with Crippen molar-refractivity contribution < 1.29 is 29.0 Å². The Morgan fingerprint density at radius 3 is 2.59 bits per heavy atom. The summed E-state index contributed by atoms with van der Waals surface area (Å²) in [6.07, 6.45) is 0. The van der Waals surface area contributed by atoms with Crippen LogP contribution in [0.15, 0.2) is 93.0 Å². The van der Waals surface area contributed by atoms with Crippen molar-refractivity contribution in [1.82, 2.24) is 0 Å². The number of halogens is 1. The van der Waals surface area contributed by atoms with E-state index in [1.165, 1.54) is 18.1 Å². The Kier molecular flexibility index (Phi) is 5.37. The van der Waals surface area contributed by atoms with E-state index in [2.05, 4.69) is 15.9 Å². The second-order valence-corrected chi connectivity index (χ2v) is 8.64. The molecule has 8 heteroatoms. The minimum absolute atomic E-state index is 0.0190. The molecule has 2 N–H and O–H groups in total. The predicted octanol–water partition coefficient (Wildman–Crippen LogP) is 5.69. The fourth-order valence-corrected chi connectivity index (χ4v) is 4.52. The Morgan fingerprint density at radius 1 is 1.03 bits per heavy atom. The third-order valence-electron chi connectivity index (χ3n) is 5.71. The summed E-state index contributed by atoms with van der Waals surface area (Å²) in [5, 5.41) is 22.1. The molecule has 34 heavy (non-hydrogen) atoms. The molecule has 170 valence electrons. The SMILES string of the molecule is COc1cccc(C2C(C(=O)c3cc4cc(Br)ccc4o3)=C(O)C(=O)N2c2ccccc2O)c1. The number of furan rings is 1. The molecule has 0 spiro atoms. The van der Waals surface area contributed by atoms with E-state index in [-0.39, 0.29) is 22.8 Å². The molecule has 1 aliphatic heterocycles. The maximum atomic E-state index is 13.7. The van der Waals surface area contributed by atoms with Crippen molar-refractivity contribution in [2.45, 2.75) is 6.04 Å². The van der Waals surface area contributed by atoms with E-state index in [1.54, 1.807) is 66.7 Å². The number of hydrogen-bond donors (Lipinski definition) is 2. The number of anilines is 1. The van der Waals surface area contributed by atoms with E-state index >= 15 is 0 Å². The molecule has 2 heterocycles. The van der Waals surface area contributed by atoms with Crippen molar-refractivity contribution in [3.8, 4) is 11.5 Å². The van der Waals surface area contributed by atoms with E-state index in [0.29, 0.717) is 22.3 Å². The molecule has 0 fully saturated rings. The zero-order valence-electron chi connectivity index (χ0n) is 17.9. The highest BCUT2D eigenvalue weighted by molar-refractivity contribution is 9.10. The number of carbonyl (C=O) groups excluding carboxylic acids is 2. The molecule has 1 aromatic heterocycles. The highest BCUT2D eigenvalue weighted by Gasteiger charge is 2.46. The summed E-state index contributed by atoms with van der Waals surface area (Å²) in [6.45, 7) is 0. The summed E-state index contributed by atoms with van der Waals surface area (Å²) < 4.78 is 11.9. The molecule has 0 radical (unpaired) electrons. The number of hydrogen-bond acceptors (Lipinski definition) is 6. The maximum absolute atomic E-state index is 13.7. The minimum Gasteiger partial charge on any atom is -0.506 e. The van der Waals surface area contributed by atoms with Gasteiger partial charge in [0.1, 0.15) is 17.1 Å².